The van der Waals surface area contributed by atoms with Crippen molar-refractivity contribution in [1.29, 1.82) is 0 Å². The molecule has 5 heteroatoms. The molecule has 98 valence electrons. The minimum atomic E-state index is -0.674. The van der Waals surface area contributed by atoms with E-state index in [0.29, 0.717) is 5.71 Å². The van der Waals surface area contributed by atoms with Gasteiger partial charge in [0, 0.05) is 10.5 Å². The fraction of sp³-hybridized carbons (Fsp3) is 0.0714. The van der Waals surface area contributed by atoms with Crippen LogP contribution in [-0.2, 0) is 0 Å². The molecule has 0 radical (unpaired) electrons. The normalized spacial score (nSPS) is 11.5. The summed E-state index contributed by atoms with van der Waals surface area (Å²) in [6, 6.07) is 10.9. The first-order chi connectivity index (χ1) is 9.06. The zero-order valence-corrected chi connectivity index (χ0v) is 11.7. The molecule has 0 aromatic heterocycles. The molecule has 0 saturated carbocycles. The van der Waals surface area contributed by atoms with Gasteiger partial charge in [0.15, 0.2) is 5.82 Å². The molecule has 0 saturated heterocycles. The van der Waals surface area contributed by atoms with E-state index in [0.717, 1.165) is 16.1 Å². The van der Waals surface area contributed by atoms with E-state index in [1.165, 1.54) is 12.1 Å². The Morgan fingerprint density at radius 2 is 1.79 bits per heavy atom. The lowest BCUT2D eigenvalue weighted by molar-refractivity contribution is 0.585. The lowest BCUT2D eigenvalue weighted by Crippen LogP contribution is -2.01. The van der Waals surface area contributed by atoms with Gasteiger partial charge in [-0.2, -0.15) is 5.10 Å². The molecule has 0 atom stereocenters. The second kappa shape index (κ2) is 5.93. The third-order valence-electron chi connectivity index (χ3n) is 2.54. The van der Waals surface area contributed by atoms with E-state index in [4.69, 9.17) is 0 Å². The highest BCUT2D eigenvalue weighted by Gasteiger charge is 2.03. The van der Waals surface area contributed by atoms with Crippen molar-refractivity contribution in [3.05, 3.63) is 64.1 Å². The average molecular weight is 325 g/mol. The van der Waals surface area contributed by atoms with Gasteiger partial charge in [-0.1, -0.05) is 28.1 Å². The van der Waals surface area contributed by atoms with E-state index in [2.05, 4.69) is 26.5 Å². The van der Waals surface area contributed by atoms with Crippen molar-refractivity contribution in [2.75, 3.05) is 5.43 Å². The van der Waals surface area contributed by atoms with Gasteiger partial charge in [0.1, 0.15) is 5.82 Å². The number of rotatable bonds is 3. The Labute approximate surface area is 118 Å². The summed E-state index contributed by atoms with van der Waals surface area (Å²) in [4.78, 5) is 0. The number of anilines is 1. The van der Waals surface area contributed by atoms with Gasteiger partial charge in [-0.15, -0.1) is 0 Å². The fourth-order valence-corrected chi connectivity index (χ4v) is 1.74. The van der Waals surface area contributed by atoms with E-state index in [1.807, 2.05) is 24.3 Å². The van der Waals surface area contributed by atoms with Crippen molar-refractivity contribution in [2.24, 2.45) is 5.10 Å². The van der Waals surface area contributed by atoms with Gasteiger partial charge in [-0.25, -0.2) is 8.78 Å². The summed E-state index contributed by atoms with van der Waals surface area (Å²) < 4.78 is 27.1. The number of nitrogens with zero attached hydrogens (tertiary/aromatic N) is 1. The predicted octanol–water partition coefficient (Wildman–Crippen LogP) is 4.56. The van der Waals surface area contributed by atoms with Crippen LogP contribution in [0, 0.1) is 11.6 Å². The van der Waals surface area contributed by atoms with Crippen LogP contribution in [0.1, 0.15) is 12.5 Å². The Hall–Kier alpha value is -1.75. The van der Waals surface area contributed by atoms with E-state index in [-0.39, 0.29) is 5.69 Å². The highest BCUT2D eigenvalue weighted by molar-refractivity contribution is 9.10. The summed E-state index contributed by atoms with van der Waals surface area (Å²) in [7, 11) is 0. The van der Waals surface area contributed by atoms with Crippen LogP contribution < -0.4 is 5.43 Å². The first-order valence-electron chi connectivity index (χ1n) is 5.57. The van der Waals surface area contributed by atoms with Crippen LogP contribution in [0.2, 0.25) is 0 Å². The van der Waals surface area contributed by atoms with Crippen molar-refractivity contribution in [3.63, 3.8) is 0 Å². The van der Waals surface area contributed by atoms with Gasteiger partial charge in [-0.05, 0) is 36.8 Å². The summed E-state index contributed by atoms with van der Waals surface area (Å²) in [5, 5.41) is 4.07. The largest absolute Gasteiger partial charge is 0.275 e. The van der Waals surface area contributed by atoms with Crippen LogP contribution in [0.25, 0.3) is 0 Å². The van der Waals surface area contributed by atoms with Gasteiger partial charge < -0.3 is 0 Å². The number of hydrazone groups is 1. The Kier molecular flexibility index (Phi) is 4.27. The molecular weight excluding hydrogens is 314 g/mol. The SMILES string of the molecule is CC(=NNc1ccc(F)cc1F)c1ccc(Br)cc1. The summed E-state index contributed by atoms with van der Waals surface area (Å²) >= 11 is 3.35. The maximum atomic E-state index is 13.4. The van der Waals surface area contributed by atoms with Crippen LogP contribution in [0.15, 0.2) is 52.0 Å². The number of hydrogen-bond acceptors (Lipinski definition) is 2. The Bertz CT molecular complexity index is 609. The molecule has 0 amide bonds. The monoisotopic (exact) mass is 324 g/mol. The van der Waals surface area contributed by atoms with Gasteiger partial charge in [0.2, 0.25) is 0 Å². The molecule has 19 heavy (non-hydrogen) atoms. The van der Waals surface area contributed by atoms with Crippen LogP contribution in [0.3, 0.4) is 0 Å². The molecule has 1 N–H and O–H groups in total. The van der Waals surface area contributed by atoms with Gasteiger partial charge >= 0.3 is 0 Å². The van der Waals surface area contributed by atoms with Crippen LogP contribution >= 0.6 is 15.9 Å². The molecule has 2 rings (SSSR count). The molecular formula is C14H11BrF2N2. The summed E-state index contributed by atoms with van der Waals surface area (Å²) in [5.74, 6) is -1.29. The van der Waals surface area contributed by atoms with Crippen molar-refractivity contribution in [2.45, 2.75) is 6.92 Å². The summed E-state index contributed by atoms with van der Waals surface area (Å²) in [5.41, 5.74) is 4.34. The van der Waals surface area contributed by atoms with E-state index in [1.54, 1.807) is 6.92 Å². The first-order valence-corrected chi connectivity index (χ1v) is 6.37. The summed E-state index contributed by atoms with van der Waals surface area (Å²) in [6.45, 7) is 1.80. The molecule has 0 aliphatic rings. The lowest BCUT2D eigenvalue weighted by Gasteiger charge is -2.05. The van der Waals surface area contributed by atoms with Gasteiger partial charge in [0.25, 0.3) is 0 Å². The molecule has 0 aliphatic carbocycles. The van der Waals surface area contributed by atoms with Crippen LogP contribution in [0.5, 0.6) is 0 Å². The molecule has 0 heterocycles. The first kappa shape index (κ1) is 13.7. The van der Waals surface area contributed by atoms with E-state index < -0.39 is 11.6 Å². The lowest BCUT2D eigenvalue weighted by atomic mass is 10.1. The molecule has 2 aromatic rings. The average Bonchev–Trinajstić information content (AvgIpc) is 2.38. The molecule has 0 bridgehead atoms. The molecule has 0 fully saturated rings. The van der Waals surface area contributed by atoms with E-state index >= 15 is 0 Å². The third kappa shape index (κ3) is 3.61. The number of halogens is 3. The molecule has 2 aromatic carbocycles. The van der Waals surface area contributed by atoms with Crippen molar-refractivity contribution < 1.29 is 8.78 Å². The van der Waals surface area contributed by atoms with Crippen LogP contribution in [0.4, 0.5) is 14.5 Å². The van der Waals surface area contributed by atoms with Gasteiger partial charge in [0.05, 0.1) is 11.4 Å². The van der Waals surface area contributed by atoms with Crippen molar-refractivity contribution in [3.8, 4) is 0 Å². The second-order valence-electron chi connectivity index (χ2n) is 3.94. The zero-order valence-electron chi connectivity index (χ0n) is 10.1. The molecule has 0 unspecified atom stereocenters. The van der Waals surface area contributed by atoms with Gasteiger partial charge in [-0.3, -0.25) is 5.43 Å². The minimum absolute atomic E-state index is 0.137. The molecule has 0 spiro atoms. The molecule has 2 nitrogen and oxygen atoms in total. The smallest absolute Gasteiger partial charge is 0.151 e. The second-order valence-corrected chi connectivity index (χ2v) is 4.86. The fourth-order valence-electron chi connectivity index (χ4n) is 1.48. The van der Waals surface area contributed by atoms with E-state index in [9.17, 15) is 8.78 Å². The number of hydrogen-bond donors (Lipinski definition) is 1. The summed E-state index contributed by atoms with van der Waals surface area (Å²) in [6.07, 6.45) is 0. The van der Waals surface area contributed by atoms with Crippen molar-refractivity contribution in [1.82, 2.24) is 0 Å². The Morgan fingerprint density at radius 3 is 2.42 bits per heavy atom. The maximum Gasteiger partial charge on any atom is 0.151 e. The number of benzene rings is 2. The Morgan fingerprint density at radius 1 is 1.11 bits per heavy atom. The maximum absolute atomic E-state index is 13.4. The quantitative estimate of drug-likeness (QED) is 0.649. The Balaban J connectivity index is 2.15. The molecule has 0 aliphatic heterocycles. The van der Waals surface area contributed by atoms with Crippen LogP contribution in [-0.4, -0.2) is 5.71 Å². The zero-order chi connectivity index (χ0) is 13.8. The highest BCUT2D eigenvalue weighted by atomic mass is 79.9. The standard InChI is InChI=1S/C14H11BrF2N2/c1-9(10-2-4-11(15)5-3-10)18-19-14-7-6-12(16)8-13(14)17/h2-8,19H,1H3. The third-order valence-corrected chi connectivity index (χ3v) is 3.07. The topological polar surface area (TPSA) is 24.4 Å². The number of nitrogens with one attached hydrogen (secondary N) is 1. The predicted molar refractivity (Wildman–Crippen MR) is 76.3 cm³/mol. The van der Waals surface area contributed by atoms with Crippen molar-refractivity contribution >= 4 is 27.3 Å². The minimum Gasteiger partial charge on any atom is -0.275 e. The highest BCUT2D eigenvalue weighted by Crippen LogP contribution is 2.16.